The highest BCUT2D eigenvalue weighted by Gasteiger charge is 2.49. The van der Waals surface area contributed by atoms with Crippen LogP contribution in [0.5, 0.6) is 0 Å². The van der Waals surface area contributed by atoms with Crippen LogP contribution >= 0.6 is 0 Å². The average molecular weight is 262 g/mol. The van der Waals surface area contributed by atoms with E-state index >= 15 is 0 Å². The molecule has 4 heteroatoms. The van der Waals surface area contributed by atoms with Gasteiger partial charge in [0.1, 0.15) is 5.72 Å². The zero-order chi connectivity index (χ0) is 14.3. The summed E-state index contributed by atoms with van der Waals surface area (Å²) in [6, 6.07) is 9.18. The molecule has 4 nitrogen and oxygen atoms in total. The molecular formula is C15H22N2O2. The van der Waals surface area contributed by atoms with E-state index in [1.807, 2.05) is 51.1 Å². The maximum absolute atomic E-state index is 12.7. The number of carbonyl (C=O) groups is 1. The van der Waals surface area contributed by atoms with Crippen molar-refractivity contribution in [3.05, 3.63) is 30.3 Å². The van der Waals surface area contributed by atoms with Gasteiger partial charge in [-0.05, 0) is 39.8 Å². The van der Waals surface area contributed by atoms with Crippen LogP contribution in [0.3, 0.4) is 0 Å². The Morgan fingerprint density at radius 2 is 1.79 bits per heavy atom. The van der Waals surface area contributed by atoms with Crippen molar-refractivity contribution in [2.45, 2.75) is 45.4 Å². The van der Waals surface area contributed by atoms with Crippen molar-refractivity contribution in [1.82, 2.24) is 4.90 Å². The van der Waals surface area contributed by atoms with Gasteiger partial charge in [-0.1, -0.05) is 18.2 Å². The van der Waals surface area contributed by atoms with E-state index in [2.05, 4.69) is 0 Å². The highest BCUT2D eigenvalue weighted by Crippen LogP contribution is 2.38. The Morgan fingerprint density at radius 3 is 2.32 bits per heavy atom. The predicted octanol–water partition coefficient (Wildman–Crippen LogP) is 2.83. The number of aliphatic hydroxyl groups is 1. The minimum atomic E-state index is -1.17. The van der Waals surface area contributed by atoms with Crippen LogP contribution < -0.4 is 4.90 Å². The molecule has 0 spiro atoms. The van der Waals surface area contributed by atoms with Crippen molar-refractivity contribution in [2.24, 2.45) is 0 Å². The molecule has 0 bridgehead atoms. The second-order valence-electron chi connectivity index (χ2n) is 5.90. The lowest BCUT2D eigenvalue weighted by molar-refractivity contribution is -0.0238. The molecule has 19 heavy (non-hydrogen) atoms. The first-order valence-electron chi connectivity index (χ1n) is 6.69. The Morgan fingerprint density at radius 1 is 1.21 bits per heavy atom. The summed E-state index contributed by atoms with van der Waals surface area (Å²) in [5.74, 6) is 0. The Bertz CT molecular complexity index is 468. The second kappa shape index (κ2) is 4.53. The summed E-state index contributed by atoms with van der Waals surface area (Å²) >= 11 is 0. The highest BCUT2D eigenvalue weighted by atomic mass is 16.3. The van der Waals surface area contributed by atoms with Crippen LogP contribution in [-0.2, 0) is 0 Å². The molecule has 1 atom stereocenters. The first-order chi connectivity index (χ1) is 8.79. The summed E-state index contributed by atoms with van der Waals surface area (Å²) in [7, 11) is 0. The van der Waals surface area contributed by atoms with Crippen molar-refractivity contribution < 1.29 is 9.90 Å². The normalized spacial score (nSPS) is 26.7. The van der Waals surface area contributed by atoms with E-state index in [0.29, 0.717) is 13.0 Å². The van der Waals surface area contributed by atoms with Gasteiger partial charge in [-0.2, -0.15) is 0 Å². The highest BCUT2D eigenvalue weighted by molar-refractivity contribution is 5.94. The van der Waals surface area contributed by atoms with E-state index < -0.39 is 5.72 Å². The summed E-state index contributed by atoms with van der Waals surface area (Å²) in [5.41, 5.74) is -0.791. The van der Waals surface area contributed by atoms with E-state index in [0.717, 1.165) is 5.69 Å². The van der Waals surface area contributed by atoms with E-state index in [9.17, 15) is 9.90 Å². The van der Waals surface area contributed by atoms with Gasteiger partial charge in [0.25, 0.3) is 0 Å². The third kappa shape index (κ3) is 2.32. The lowest BCUT2D eigenvalue weighted by atomic mass is 9.87. The summed E-state index contributed by atoms with van der Waals surface area (Å²) < 4.78 is 0. The lowest BCUT2D eigenvalue weighted by Gasteiger charge is -2.53. The molecule has 104 valence electrons. The fourth-order valence-corrected chi connectivity index (χ4v) is 3.11. The maximum atomic E-state index is 12.7. The van der Waals surface area contributed by atoms with Gasteiger partial charge >= 0.3 is 6.03 Å². The summed E-state index contributed by atoms with van der Waals surface area (Å²) in [6.07, 6.45) is 0.508. The zero-order valence-corrected chi connectivity index (χ0v) is 12.1. The molecular weight excluding hydrogens is 240 g/mol. The average Bonchev–Trinajstić information content (AvgIpc) is 2.27. The second-order valence-corrected chi connectivity index (χ2v) is 5.90. The topological polar surface area (TPSA) is 43.8 Å². The zero-order valence-electron chi connectivity index (χ0n) is 12.1. The Balaban J connectivity index is 2.46. The number of nitrogens with zero attached hydrogens (tertiary/aromatic N) is 2. The largest absolute Gasteiger partial charge is 0.371 e. The molecule has 0 aliphatic carbocycles. The summed E-state index contributed by atoms with van der Waals surface area (Å²) in [4.78, 5) is 16.0. The fourth-order valence-electron chi connectivity index (χ4n) is 3.11. The van der Waals surface area contributed by atoms with Crippen molar-refractivity contribution in [3.63, 3.8) is 0 Å². The van der Waals surface area contributed by atoms with Crippen LogP contribution in [-0.4, -0.2) is 33.8 Å². The first-order valence-corrected chi connectivity index (χ1v) is 6.69. The molecule has 1 aromatic rings. The molecule has 1 heterocycles. The van der Waals surface area contributed by atoms with Crippen molar-refractivity contribution in [1.29, 1.82) is 0 Å². The molecule has 1 fully saturated rings. The maximum Gasteiger partial charge on any atom is 0.327 e. The number of hydrogen-bond acceptors (Lipinski definition) is 2. The molecule has 2 rings (SSSR count). The van der Waals surface area contributed by atoms with Gasteiger partial charge in [0.05, 0.1) is 0 Å². The smallest absolute Gasteiger partial charge is 0.327 e. The van der Waals surface area contributed by atoms with Crippen LogP contribution in [0.4, 0.5) is 10.5 Å². The molecule has 1 N–H and O–H groups in total. The van der Waals surface area contributed by atoms with Crippen LogP contribution in [0.15, 0.2) is 30.3 Å². The predicted molar refractivity (Wildman–Crippen MR) is 76.0 cm³/mol. The van der Waals surface area contributed by atoms with E-state index in [4.69, 9.17) is 0 Å². The van der Waals surface area contributed by atoms with Gasteiger partial charge in [0.2, 0.25) is 0 Å². The molecule has 1 saturated heterocycles. The SMILES string of the molecule is CCN1C(=O)N(c2ccccc2)[C@](C)(O)CC1(C)C. The minimum absolute atomic E-state index is 0.144. The molecule has 0 saturated carbocycles. The van der Waals surface area contributed by atoms with Crippen molar-refractivity contribution in [3.8, 4) is 0 Å². The monoisotopic (exact) mass is 262 g/mol. The van der Waals surface area contributed by atoms with E-state index in [1.54, 1.807) is 11.8 Å². The van der Waals surface area contributed by atoms with Gasteiger partial charge in [-0.3, -0.25) is 4.90 Å². The Hall–Kier alpha value is -1.55. The number of urea groups is 1. The number of amides is 2. The molecule has 2 amide bonds. The molecule has 0 radical (unpaired) electrons. The molecule has 0 unspecified atom stereocenters. The third-order valence-corrected chi connectivity index (χ3v) is 3.73. The number of anilines is 1. The molecule has 0 aromatic heterocycles. The van der Waals surface area contributed by atoms with Gasteiger partial charge < -0.3 is 10.0 Å². The standard InChI is InChI=1S/C15H22N2O2/c1-5-16-13(18)17(12-9-7-6-8-10-12)15(4,19)11-14(16,2)3/h6-10,19H,5,11H2,1-4H3/t15-/m1/s1. The van der Waals surface area contributed by atoms with Gasteiger partial charge in [-0.25, -0.2) is 4.79 Å². The van der Waals surface area contributed by atoms with Gasteiger partial charge in [0.15, 0.2) is 0 Å². The van der Waals surface area contributed by atoms with Crippen LogP contribution in [0, 0.1) is 0 Å². The summed E-state index contributed by atoms with van der Waals surface area (Å²) in [6.45, 7) is 8.27. The number of carbonyl (C=O) groups excluding carboxylic acids is 1. The Labute approximate surface area is 114 Å². The van der Waals surface area contributed by atoms with Crippen molar-refractivity contribution in [2.75, 3.05) is 11.4 Å². The molecule has 1 aliphatic rings. The first kappa shape index (κ1) is 13.9. The van der Waals surface area contributed by atoms with E-state index in [-0.39, 0.29) is 11.6 Å². The fraction of sp³-hybridized carbons (Fsp3) is 0.533. The molecule has 1 aliphatic heterocycles. The van der Waals surface area contributed by atoms with Crippen LogP contribution in [0.2, 0.25) is 0 Å². The quantitative estimate of drug-likeness (QED) is 0.890. The number of hydrogen-bond donors (Lipinski definition) is 1. The van der Waals surface area contributed by atoms with Crippen LogP contribution in [0.1, 0.15) is 34.1 Å². The van der Waals surface area contributed by atoms with Crippen molar-refractivity contribution >= 4 is 11.7 Å². The third-order valence-electron chi connectivity index (χ3n) is 3.73. The van der Waals surface area contributed by atoms with E-state index in [1.165, 1.54) is 4.90 Å². The number of rotatable bonds is 2. The van der Waals surface area contributed by atoms with Gasteiger partial charge in [-0.15, -0.1) is 0 Å². The number of benzene rings is 1. The number of para-hydroxylation sites is 1. The van der Waals surface area contributed by atoms with Gasteiger partial charge in [0, 0.05) is 24.2 Å². The van der Waals surface area contributed by atoms with Crippen LogP contribution in [0.25, 0.3) is 0 Å². The summed E-state index contributed by atoms with van der Waals surface area (Å²) in [5, 5.41) is 10.7. The molecule has 1 aromatic carbocycles. The minimum Gasteiger partial charge on any atom is -0.371 e. The lowest BCUT2D eigenvalue weighted by Crippen LogP contribution is -2.68. The Kier molecular flexibility index (Phi) is 3.31.